The fraction of sp³-hybridized carbons (Fsp3) is 0.714. The van der Waals surface area contributed by atoms with Gasteiger partial charge < -0.3 is 0 Å². The molecule has 2 unspecified atom stereocenters. The summed E-state index contributed by atoms with van der Waals surface area (Å²) in [7, 11) is 2.65. The van der Waals surface area contributed by atoms with Gasteiger partial charge in [0.2, 0.25) is 0 Å². The van der Waals surface area contributed by atoms with E-state index in [1.165, 1.54) is 18.6 Å². The van der Waals surface area contributed by atoms with Crippen LogP contribution in [0.15, 0.2) is 0 Å². The molecule has 0 rings (SSSR count). The lowest BCUT2D eigenvalue weighted by molar-refractivity contribution is 0.896. The van der Waals surface area contributed by atoms with Gasteiger partial charge >= 0.3 is 0 Å². The van der Waals surface area contributed by atoms with E-state index in [1.54, 1.807) is 0 Å². The van der Waals surface area contributed by atoms with Gasteiger partial charge in [-0.05, 0) is 17.7 Å². The third-order valence-electron chi connectivity index (χ3n) is 1.18. The molecule has 0 fully saturated rings. The van der Waals surface area contributed by atoms with E-state index in [0.717, 1.165) is 5.49 Å². The lowest BCUT2D eigenvalue weighted by Crippen LogP contribution is -1.85. The Bertz CT molecular complexity index is 95.6. The lowest BCUT2D eigenvalue weighted by atomic mass is 10.4. The van der Waals surface area contributed by atoms with Gasteiger partial charge in [0, 0.05) is 0 Å². The molecule has 2 atom stereocenters. The van der Waals surface area contributed by atoms with E-state index < -0.39 is 0 Å². The van der Waals surface area contributed by atoms with Gasteiger partial charge in [-0.25, -0.2) is 0 Å². The highest BCUT2D eigenvalue weighted by Gasteiger charge is 1.93. The fourth-order valence-electron chi connectivity index (χ4n) is 0.558. The first kappa shape index (κ1) is 9.34. The quantitative estimate of drug-likeness (QED) is 0.366. The number of thiol groups is 1. The molecule has 0 aliphatic rings. The minimum atomic E-state index is -0.0714. The molecule has 9 heavy (non-hydrogen) atoms. The summed E-state index contributed by atoms with van der Waals surface area (Å²) in [5.74, 6) is 1.26. The number of hydrogen-bond acceptors (Lipinski definition) is 0. The molecule has 0 saturated heterocycles. The van der Waals surface area contributed by atoms with E-state index in [4.69, 9.17) is 6.42 Å². The molecule has 0 aromatic heterocycles. The molecule has 0 aliphatic heterocycles. The molecule has 0 heterocycles. The lowest BCUT2D eigenvalue weighted by Gasteiger charge is -2.09. The van der Waals surface area contributed by atoms with Gasteiger partial charge in [0.25, 0.3) is 0 Å². The number of unbranched alkanes of at least 4 members (excludes halogenated alkanes) is 1. The van der Waals surface area contributed by atoms with E-state index in [-0.39, 0.29) is 10.9 Å². The van der Waals surface area contributed by atoms with Crippen LogP contribution in [0.4, 0.5) is 0 Å². The zero-order chi connectivity index (χ0) is 7.11. The van der Waals surface area contributed by atoms with Crippen molar-refractivity contribution in [2.24, 2.45) is 0 Å². The summed E-state index contributed by atoms with van der Waals surface area (Å²) in [6, 6.07) is 0. The van der Waals surface area contributed by atoms with E-state index >= 15 is 0 Å². The Morgan fingerprint density at radius 3 is 2.67 bits per heavy atom. The van der Waals surface area contributed by atoms with Crippen molar-refractivity contribution < 1.29 is 0 Å². The second-order valence-electron chi connectivity index (χ2n) is 1.93. The van der Waals surface area contributed by atoms with Crippen LogP contribution in [0, 0.1) is 11.7 Å². The van der Waals surface area contributed by atoms with Crippen molar-refractivity contribution in [3.63, 3.8) is 0 Å². The second-order valence-corrected chi connectivity index (χ2v) is 5.17. The molecule has 54 valence electrons. The minimum Gasteiger partial charge on any atom is -0.186 e. The third-order valence-corrected chi connectivity index (χ3v) is 4.17. The molecule has 0 saturated carbocycles. The summed E-state index contributed by atoms with van der Waals surface area (Å²) in [5.41, 5.74) is 1.12. The molecule has 0 aromatic carbocycles. The molecule has 0 radical (unpaired) electrons. The van der Waals surface area contributed by atoms with Crippen molar-refractivity contribution in [1.29, 1.82) is 0 Å². The summed E-state index contributed by atoms with van der Waals surface area (Å²) in [6.45, 7) is 2.20. The van der Waals surface area contributed by atoms with Crippen LogP contribution in [0.3, 0.4) is 0 Å². The molecule has 2 heteroatoms. The maximum absolute atomic E-state index is 5.29. The first-order valence-corrected chi connectivity index (χ1v) is 5.79. The molecule has 0 aromatic rings. The maximum atomic E-state index is 5.29. The molecule has 0 N–H and O–H groups in total. The van der Waals surface area contributed by atoms with Gasteiger partial charge in [-0.1, -0.05) is 18.6 Å². The average molecular weight is 162 g/mol. The molecular weight excluding hydrogens is 147 g/mol. The van der Waals surface area contributed by atoms with Gasteiger partial charge in [-0.15, -0.1) is 15.7 Å². The Morgan fingerprint density at radius 1 is 1.67 bits per heavy atom. The zero-order valence-corrected chi connectivity index (χ0v) is 7.98. The Labute approximate surface area is 63.3 Å². The van der Waals surface area contributed by atoms with Crippen LogP contribution in [0.25, 0.3) is 0 Å². The molecule has 0 bridgehead atoms. The van der Waals surface area contributed by atoms with Crippen LogP contribution in [-0.2, 0) is 0 Å². The Balaban J connectivity index is 3.23. The van der Waals surface area contributed by atoms with Crippen LogP contribution in [0.2, 0.25) is 0 Å². The Morgan fingerprint density at radius 2 is 2.33 bits per heavy atom. The molecule has 0 nitrogen and oxygen atoms in total. The van der Waals surface area contributed by atoms with E-state index in [2.05, 4.69) is 21.4 Å². The largest absolute Gasteiger partial charge is 0.186 e. The summed E-state index contributed by atoms with van der Waals surface area (Å²) >= 11 is 0. The van der Waals surface area contributed by atoms with Crippen LogP contribution >= 0.6 is 20.1 Å². The normalized spacial score (nSPS) is 14.6. The van der Waals surface area contributed by atoms with Crippen LogP contribution in [0.1, 0.15) is 19.8 Å². The van der Waals surface area contributed by atoms with Crippen LogP contribution < -0.4 is 0 Å². The van der Waals surface area contributed by atoms with Gasteiger partial charge in [0.15, 0.2) is 0 Å². The number of hydrogen-bond donors (Lipinski definition) is 1. The van der Waals surface area contributed by atoms with Crippen molar-refractivity contribution in [3.8, 4) is 11.7 Å². The number of terminal acetylenes is 1. The van der Waals surface area contributed by atoms with Crippen molar-refractivity contribution in [3.05, 3.63) is 0 Å². The maximum Gasteiger partial charge on any atom is -0.000371 e. The molecule has 0 amide bonds. The average Bonchev–Trinajstić information content (AvgIpc) is 1.91. The van der Waals surface area contributed by atoms with Crippen LogP contribution in [-0.4, -0.2) is 11.2 Å². The standard InChI is InChI=1S/C7H15PS/c1-3-5-6-9(4-2)7-8/h2,9H,3,5-8H2,1H3. The molecule has 0 spiro atoms. The van der Waals surface area contributed by atoms with Gasteiger partial charge in [-0.2, -0.15) is 10.9 Å². The Kier molecular flexibility index (Phi) is 6.70. The first-order valence-electron chi connectivity index (χ1n) is 3.26. The van der Waals surface area contributed by atoms with Crippen molar-refractivity contribution in [2.45, 2.75) is 19.8 Å². The second kappa shape index (κ2) is 6.46. The van der Waals surface area contributed by atoms with Gasteiger partial charge in [-0.3, -0.25) is 0 Å². The SMILES string of the molecule is C#C[SH](CP)CCCC. The Hall–Kier alpha value is 0.340. The van der Waals surface area contributed by atoms with E-state index in [0.29, 0.717) is 0 Å². The fourth-order valence-corrected chi connectivity index (χ4v) is 2.54. The highest BCUT2D eigenvalue weighted by Crippen LogP contribution is 2.26. The van der Waals surface area contributed by atoms with Crippen molar-refractivity contribution >= 4 is 20.1 Å². The minimum absolute atomic E-state index is 0.0714. The van der Waals surface area contributed by atoms with Gasteiger partial charge in [0.05, 0.1) is 0 Å². The molecule has 0 aliphatic carbocycles. The number of rotatable bonds is 4. The first-order chi connectivity index (χ1) is 4.35. The monoisotopic (exact) mass is 162 g/mol. The predicted molar refractivity (Wildman–Crippen MR) is 52.2 cm³/mol. The summed E-state index contributed by atoms with van der Waals surface area (Å²) < 4.78 is 0. The topological polar surface area (TPSA) is 0 Å². The predicted octanol–water partition coefficient (Wildman–Crippen LogP) is 2.21. The summed E-state index contributed by atoms with van der Waals surface area (Å²) in [6.07, 6.45) is 7.85. The highest BCUT2D eigenvalue weighted by atomic mass is 32.2. The third kappa shape index (κ3) is 4.82. The van der Waals surface area contributed by atoms with E-state index in [9.17, 15) is 0 Å². The van der Waals surface area contributed by atoms with Crippen molar-refractivity contribution in [2.75, 3.05) is 11.2 Å². The highest BCUT2D eigenvalue weighted by molar-refractivity contribution is 8.23. The zero-order valence-electron chi connectivity index (χ0n) is 5.93. The summed E-state index contributed by atoms with van der Waals surface area (Å²) in [5, 5.41) is 2.83. The molecular formula is C7H15PS. The van der Waals surface area contributed by atoms with E-state index in [1.807, 2.05) is 0 Å². The van der Waals surface area contributed by atoms with Gasteiger partial charge in [0.1, 0.15) is 0 Å². The van der Waals surface area contributed by atoms with Crippen molar-refractivity contribution in [1.82, 2.24) is 0 Å². The smallest absolute Gasteiger partial charge is 0.000371 e. The summed E-state index contributed by atoms with van der Waals surface area (Å²) in [4.78, 5) is 0. The van der Waals surface area contributed by atoms with Crippen LogP contribution in [0.5, 0.6) is 0 Å².